The number of hydrogen-bond donors (Lipinski definition) is 0. The molecule has 142 valence electrons. The number of fused-ring (bicyclic) bond motifs is 1. The summed E-state index contributed by atoms with van der Waals surface area (Å²) in [7, 11) is 0. The molecule has 0 unspecified atom stereocenters. The van der Waals surface area contributed by atoms with E-state index >= 15 is 0 Å². The molecule has 0 atom stereocenters. The lowest BCUT2D eigenvalue weighted by Gasteiger charge is -2.26. The molecule has 0 aliphatic carbocycles. The number of carbonyl (C=O) groups excluding carboxylic acids is 1. The van der Waals surface area contributed by atoms with Crippen molar-refractivity contribution in [1.82, 2.24) is 9.88 Å². The number of pyridine rings is 1. The molecule has 0 fully saturated rings. The van der Waals surface area contributed by atoms with Gasteiger partial charge in [0.15, 0.2) is 0 Å². The first-order valence-corrected chi connectivity index (χ1v) is 9.35. The molecule has 1 aromatic heterocycles. The molecule has 28 heavy (non-hydrogen) atoms. The van der Waals surface area contributed by atoms with E-state index in [-0.39, 0.29) is 17.5 Å². The van der Waals surface area contributed by atoms with Crippen LogP contribution in [0.25, 0.3) is 16.3 Å². The number of rotatable bonds is 4. The van der Waals surface area contributed by atoms with Crippen molar-refractivity contribution in [3.8, 4) is 0 Å². The van der Waals surface area contributed by atoms with Crippen LogP contribution < -0.4 is 0 Å². The molecule has 3 nitrogen and oxygen atoms in total. The lowest BCUT2D eigenvalue weighted by atomic mass is 9.99. The van der Waals surface area contributed by atoms with E-state index in [9.17, 15) is 13.6 Å². The monoisotopic (exact) mass is 378 g/mol. The van der Waals surface area contributed by atoms with Crippen LogP contribution in [0.5, 0.6) is 0 Å². The van der Waals surface area contributed by atoms with Gasteiger partial charge in [-0.1, -0.05) is 24.3 Å². The number of nitrogens with zero attached hydrogens (tertiary/aromatic N) is 2. The Bertz CT molecular complexity index is 1060. The summed E-state index contributed by atoms with van der Waals surface area (Å²) >= 11 is 0. The fraction of sp³-hybridized carbons (Fsp3) is 0.217. The maximum atomic E-state index is 13.4. The van der Waals surface area contributed by atoms with Crippen LogP contribution in [-0.4, -0.2) is 28.9 Å². The average molecular weight is 378 g/mol. The van der Waals surface area contributed by atoms with E-state index in [2.05, 4.69) is 4.98 Å². The Morgan fingerprint density at radius 1 is 1.04 bits per heavy atom. The van der Waals surface area contributed by atoms with E-state index in [1.807, 2.05) is 23.1 Å². The topological polar surface area (TPSA) is 33.2 Å². The van der Waals surface area contributed by atoms with Crippen molar-refractivity contribution in [1.29, 1.82) is 0 Å². The quantitative estimate of drug-likeness (QED) is 0.656. The summed E-state index contributed by atoms with van der Waals surface area (Å²) in [6, 6.07) is 13.1. The third kappa shape index (κ3) is 4.09. The van der Waals surface area contributed by atoms with Crippen molar-refractivity contribution in [3.05, 3.63) is 83.7 Å². The van der Waals surface area contributed by atoms with Crippen molar-refractivity contribution < 1.29 is 13.6 Å². The lowest BCUT2D eigenvalue weighted by Crippen LogP contribution is -2.34. The number of aryl methyl sites for hydroxylation is 1. The first-order chi connectivity index (χ1) is 13.6. The standard InChI is InChI=1S/C23H20F2N2O/c24-20-3-1-2-17(12-20)16-8-10-27(11-9-16)23(28)7-6-22-14-18-4-5-21(25)13-19(18)15-26-22/h1-5,8,12-15H,6-7,9-11H2. The lowest BCUT2D eigenvalue weighted by molar-refractivity contribution is -0.130. The Labute approximate surface area is 162 Å². The van der Waals surface area contributed by atoms with E-state index in [0.717, 1.165) is 34.0 Å². The zero-order valence-electron chi connectivity index (χ0n) is 15.4. The molecule has 0 saturated heterocycles. The Balaban J connectivity index is 1.36. The van der Waals surface area contributed by atoms with Crippen molar-refractivity contribution in [2.24, 2.45) is 0 Å². The summed E-state index contributed by atoms with van der Waals surface area (Å²) in [6.07, 6.45) is 5.28. The van der Waals surface area contributed by atoms with Crippen LogP contribution >= 0.6 is 0 Å². The molecular weight excluding hydrogens is 358 g/mol. The molecule has 4 rings (SSSR count). The highest BCUT2D eigenvalue weighted by molar-refractivity contribution is 5.82. The highest BCUT2D eigenvalue weighted by Gasteiger charge is 2.18. The van der Waals surface area contributed by atoms with Gasteiger partial charge in [-0.05, 0) is 59.7 Å². The van der Waals surface area contributed by atoms with Crippen molar-refractivity contribution in [2.45, 2.75) is 19.3 Å². The molecule has 3 aromatic rings. The second-order valence-corrected chi connectivity index (χ2v) is 7.00. The largest absolute Gasteiger partial charge is 0.339 e. The minimum Gasteiger partial charge on any atom is -0.339 e. The van der Waals surface area contributed by atoms with Gasteiger partial charge < -0.3 is 4.90 Å². The van der Waals surface area contributed by atoms with Gasteiger partial charge in [0.2, 0.25) is 5.91 Å². The van der Waals surface area contributed by atoms with E-state index in [1.165, 1.54) is 24.3 Å². The van der Waals surface area contributed by atoms with Crippen LogP contribution in [0, 0.1) is 11.6 Å². The minimum atomic E-state index is -0.284. The second-order valence-electron chi connectivity index (χ2n) is 7.00. The summed E-state index contributed by atoms with van der Waals surface area (Å²) in [5.41, 5.74) is 2.77. The fourth-order valence-corrected chi connectivity index (χ4v) is 3.53. The van der Waals surface area contributed by atoms with Crippen LogP contribution in [-0.2, 0) is 11.2 Å². The van der Waals surface area contributed by atoms with E-state index in [4.69, 9.17) is 0 Å². The normalized spacial score (nSPS) is 14.2. The highest BCUT2D eigenvalue weighted by Crippen LogP contribution is 2.23. The van der Waals surface area contributed by atoms with E-state index in [0.29, 0.717) is 25.9 Å². The number of carbonyl (C=O) groups is 1. The maximum absolute atomic E-state index is 13.4. The molecule has 0 radical (unpaired) electrons. The summed E-state index contributed by atoms with van der Waals surface area (Å²) < 4.78 is 26.6. The van der Waals surface area contributed by atoms with Crippen LogP contribution in [0.1, 0.15) is 24.1 Å². The highest BCUT2D eigenvalue weighted by atomic mass is 19.1. The van der Waals surface area contributed by atoms with Crippen LogP contribution in [0.15, 0.2) is 60.8 Å². The number of halogens is 2. The Morgan fingerprint density at radius 2 is 1.89 bits per heavy atom. The van der Waals surface area contributed by atoms with Crippen molar-refractivity contribution in [3.63, 3.8) is 0 Å². The van der Waals surface area contributed by atoms with Gasteiger partial charge in [0.1, 0.15) is 11.6 Å². The van der Waals surface area contributed by atoms with Gasteiger partial charge in [0.25, 0.3) is 0 Å². The molecule has 0 N–H and O–H groups in total. The number of aromatic nitrogens is 1. The van der Waals surface area contributed by atoms with Gasteiger partial charge in [0, 0.05) is 36.8 Å². The second kappa shape index (κ2) is 7.89. The number of amides is 1. The zero-order chi connectivity index (χ0) is 19.5. The van der Waals surface area contributed by atoms with Gasteiger partial charge in [0.05, 0.1) is 0 Å². The average Bonchev–Trinajstić information content (AvgIpc) is 2.72. The maximum Gasteiger partial charge on any atom is 0.223 e. The van der Waals surface area contributed by atoms with E-state index in [1.54, 1.807) is 18.3 Å². The first kappa shape index (κ1) is 18.3. The van der Waals surface area contributed by atoms with Gasteiger partial charge in [-0.2, -0.15) is 0 Å². The van der Waals surface area contributed by atoms with Gasteiger partial charge >= 0.3 is 0 Å². The SMILES string of the molecule is O=C(CCc1cc2ccc(F)cc2cn1)N1CC=C(c2cccc(F)c2)CC1. The van der Waals surface area contributed by atoms with Gasteiger partial charge in [-0.25, -0.2) is 8.78 Å². The fourth-order valence-electron chi connectivity index (χ4n) is 3.53. The molecule has 0 bridgehead atoms. The summed E-state index contributed by atoms with van der Waals surface area (Å²) in [4.78, 5) is 18.7. The van der Waals surface area contributed by atoms with Crippen molar-refractivity contribution >= 4 is 22.3 Å². The number of hydrogen-bond acceptors (Lipinski definition) is 2. The Morgan fingerprint density at radius 3 is 2.68 bits per heavy atom. The zero-order valence-corrected chi connectivity index (χ0v) is 15.4. The van der Waals surface area contributed by atoms with Gasteiger partial charge in [-0.3, -0.25) is 9.78 Å². The summed E-state index contributed by atoms with van der Waals surface area (Å²) in [5, 5.41) is 1.67. The third-order valence-corrected chi connectivity index (χ3v) is 5.09. The predicted molar refractivity (Wildman–Crippen MR) is 106 cm³/mol. The molecule has 0 saturated carbocycles. The Kier molecular flexibility index (Phi) is 5.15. The van der Waals surface area contributed by atoms with Crippen LogP contribution in [0.2, 0.25) is 0 Å². The molecule has 2 heterocycles. The summed E-state index contributed by atoms with van der Waals surface area (Å²) in [5.74, 6) is -0.453. The molecule has 1 aliphatic heterocycles. The van der Waals surface area contributed by atoms with E-state index < -0.39 is 0 Å². The van der Waals surface area contributed by atoms with Crippen molar-refractivity contribution in [2.75, 3.05) is 13.1 Å². The molecule has 2 aromatic carbocycles. The molecule has 5 heteroatoms. The predicted octanol–water partition coefficient (Wildman–Crippen LogP) is 4.76. The molecular formula is C23H20F2N2O. The third-order valence-electron chi connectivity index (χ3n) is 5.09. The first-order valence-electron chi connectivity index (χ1n) is 9.35. The smallest absolute Gasteiger partial charge is 0.223 e. The molecule has 1 amide bonds. The molecule has 1 aliphatic rings. The Hall–Kier alpha value is -3.08. The van der Waals surface area contributed by atoms with Gasteiger partial charge in [-0.15, -0.1) is 0 Å². The van der Waals surface area contributed by atoms with Crippen LogP contribution in [0.3, 0.4) is 0 Å². The summed E-state index contributed by atoms with van der Waals surface area (Å²) in [6.45, 7) is 1.17. The minimum absolute atomic E-state index is 0.0792. The number of benzene rings is 2. The molecule has 0 spiro atoms. The van der Waals surface area contributed by atoms with Crippen LogP contribution in [0.4, 0.5) is 8.78 Å².